The van der Waals surface area contributed by atoms with Gasteiger partial charge in [-0.3, -0.25) is 5.10 Å². The molecule has 2 rings (SSSR count). The SMILES string of the molecule is CCCc1n[nH]c(=S)n1C1CCCC(C)CC1. The van der Waals surface area contributed by atoms with E-state index in [1.165, 1.54) is 32.1 Å². The van der Waals surface area contributed by atoms with Crippen LogP contribution in [0.15, 0.2) is 0 Å². The number of aromatic amines is 1. The van der Waals surface area contributed by atoms with E-state index >= 15 is 0 Å². The smallest absolute Gasteiger partial charge is 0.195 e. The monoisotopic (exact) mass is 253 g/mol. The van der Waals surface area contributed by atoms with Crippen molar-refractivity contribution in [3.63, 3.8) is 0 Å². The third-order valence-corrected chi connectivity index (χ3v) is 4.13. The third-order valence-electron chi connectivity index (χ3n) is 3.84. The topological polar surface area (TPSA) is 33.6 Å². The first-order valence-electron chi connectivity index (χ1n) is 6.88. The molecule has 1 aliphatic carbocycles. The van der Waals surface area contributed by atoms with E-state index in [4.69, 9.17) is 12.2 Å². The van der Waals surface area contributed by atoms with Gasteiger partial charge in [-0.05, 0) is 43.8 Å². The molecular formula is C13H23N3S. The van der Waals surface area contributed by atoms with Gasteiger partial charge in [0.15, 0.2) is 4.77 Å². The summed E-state index contributed by atoms with van der Waals surface area (Å²) in [6.45, 7) is 4.56. The van der Waals surface area contributed by atoms with Gasteiger partial charge in [-0.2, -0.15) is 5.10 Å². The van der Waals surface area contributed by atoms with E-state index in [1.807, 2.05) is 0 Å². The van der Waals surface area contributed by atoms with E-state index < -0.39 is 0 Å². The minimum Gasteiger partial charge on any atom is -0.301 e. The van der Waals surface area contributed by atoms with Crippen molar-refractivity contribution in [2.45, 2.75) is 64.8 Å². The number of H-pyrrole nitrogens is 1. The highest BCUT2D eigenvalue weighted by Crippen LogP contribution is 2.31. The van der Waals surface area contributed by atoms with Crippen LogP contribution in [0.5, 0.6) is 0 Å². The fourth-order valence-electron chi connectivity index (χ4n) is 2.84. The van der Waals surface area contributed by atoms with E-state index in [1.54, 1.807) is 0 Å². The van der Waals surface area contributed by atoms with Crippen LogP contribution in [0.2, 0.25) is 0 Å². The van der Waals surface area contributed by atoms with Crippen molar-refractivity contribution in [2.24, 2.45) is 5.92 Å². The number of hydrogen-bond donors (Lipinski definition) is 1. The molecule has 2 unspecified atom stereocenters. The Morgan fingerprint density at radius 2 is 2.18 bits per heavy atom. The predicted molar refractivity (Wildman–Crippen MR) is 72.7 cm³/mol. The maximum Gasteiger partial charge on any atom is 0.195 e. The van der Waals surface area contributed by atoms with Crippen LogP contribution in [0.3, 0.4) is 0 Å². The molecule has 0 aliphatic heterocycles. The molecule has 1 aliphatic rings. The van der Waals surface area contributed by atoms with Gasteiger partial charge in [-0.15, -0.1) is 0 Å². The maximum atomic E-state index is 5.39. The Bertz CT molecular complexity index is 407. The number of nitrogens with zero attached hydrogens (tertiary/aromatic N) is 2. The number of aromatic nitrogens is 3. The predicted octanol–water partition coefficient (Wildman–Crippen LogP) is 4.03. The second kappa shape index (κ2) is 5.80. The molecule has 0 spiro atoms. The zero-order chi connectivity index (χ0) is 12.3. The molecule has 1 aromatic heterocycles. The van der Waals surface area contributed by atoms with Gasteiger partial charge >= 0.3 is 0 Å². The van der Waals surface area contributed by atoms with Crippen LogP contribution in [0.4, 0.5) is 0 Å². The van der Waals surface area contributed by atoms with Gasteiger partial charge in [0, 0.05) is 12.5 Å². The summed E-state index contributed by atoms with van der Waals surface area (Å²) in [5.41, 5.74) is 0. The van der Waals surface area contributed by atoms with Gasteiger partial charge in [-0.1, -0.05) is 26.7 Å². The Hall–Kier alpha value is -0.640. The van der Waals surface area contributed by atoms with Crippen LogP contribution >= 0.6 is 12.2 Å². The molecule has 0 saturated heterocycles. The van der Waals surface area contributed by atoms with Gasteiger partial charge in [0.25, 0.3) is 0 Å². The first-order chi connectivity index (χ1) is 8.22. The average molecular weight is 253 g/mol. The van der Waals surface area contributed by atoms with Gasteiger partial charge < -0.3 is 4.57 Å². The van der Waals surface area contributed by atoms with Gasteiger partial charge in [0.2, 0.25) is 0 Å². The summed E-state index contributed by atoms with van der Waals surface area (Å²) in [5, 5.41) is 7.34. The lowest BCUT2D eigenvalue weighted by atomic mass is 10.0. The minimum absolute atomic E-state index is 0.577. The molecule has 1 N–H and O–H groups in total. The van der Waals surface area contributed by atoms with Crippen molar-refractivity contribution in [2.75, 3.05) is 0 Å². The van der Waals surface area contributed by atoms with Crippen LogP contribution in [-0.4, -0.2) is 14.8 Å². The Morgan fingerprint density at radius 1 is 1.35 bits per heavy atom. The van der Waals surface area contributed by atoms with Crippen molar-refractivity contribution < 1.29 is 0 Å². The molecule has 3 nitrogen and oxygen atoms in total. The van der Waals surface area contributed by atoms with Crippen LogP contribution in [0, 0.1) is 10.7 Å². The highest BCUT2D eigenvalue weighted by Gasteiger charge is 2.20. The number of nitrogens with one attached hydrogen (secondary N) is 1. The summed E-state index contributed by atoms with van der Waals surface area (Å²) in [6.07, 6.45) is 8.68. The first-order valence-corrected chi connectivity index (χ1v) is 7.29. The Balaban J connectivity index is 2.20. The number of hydrogen-bond acceptors (Lipinski definition) is 2. The minimum atomic E-state index is 0.577. The average Bonchev–Trinajstić information content (AvgIpc) is 2.53. The summed E-state index contributed by atoms with van der Waals surface area (Å²) < 4.78 is 3.10. The van der Waals surface area contributed by atoms with Crippen molar-refractivity contribution >= 4 is 12.2 Å². The van der Waals surface area contributed by atoms with E-state index in [0.717, 1.165) is 29.4 Å². The quantitative estimate of drug-likeness (QED) is 0.651. The van der Waals surface area contributed by atoms with Crippen molar-refractivity contribution in [3.05, 3.63) is 10.6 Å². The second-order valence-electron chi connectivity index (χ2n) is 5.33. The third kappa shape index (κ3) is 2.97. The van der Waals surface area contributed by atoms with E-state index in [0.29, 0.717) is 6.04 Å². The fraction of sp³-hybridized carbons (Fsp3) is 0.846. The highest BCUT2D eigenvalue weighted by atomic mass is 32.1. The van der Waals surface area contributed by atoms with Gasteiger partial charge in [0.05, 0.1) is 0 Å². The first kappa shape index (κ1) is 12.8. The molecule has 0 aromatic carbocycles. The van der Waals surface area contributed by atoms with Crippen LogP contribution < -0.4 is 0 Å². The molecule has 1 heterocycles. The number of aryl methyl sites for hydroxylation is 1. The summed E-state index contributed by atoms with van der Waals surface area (Å²) in [4.78, 5) is 0. The van der Waals surface area contributed by atoms with Crippen LogP contribution in [0.25, 0.3) is 0 Å². The van der Waals surface area contributed by atoms with Crippen molar-refractivity contribution in [3.8, 4) is 0 Å². The normalized spacial score (nSPS) is 25.8. The molecule has 96 valence electrons. The molecule has 4 heteroatoms. The van der Waals surface area contributed by atoms with E-state index in [-0.39, 0.29) is 0 Å². The molecular weight excluding hydrogens is 230 g/mol. The summed E-state index contributed by atoms with van der Waals surface area (Å²) in [5.74, 6) is 2.02. The van der Waals surface area contributed by atoms with Crippen LogP contribution in [-0.2, 0) is 6.42 Å². The Morgan fingerprint density at radius 3 is 2.94 bits per heavy atom. The molecule has 0 amide bonds. The van der Waals surface area contributed by atoms with Crippen molar-refractivity contribution in [1.29, 1.82) is 0 Å². The molecule has 1 fully saturated rings. The number of rotatable bonds is 3. The summed E-state index contributed by atoms with van der Waals surface area (Å²) in [7, 11) is 0. The molecule has 0 bridgehead atoms. The lowest BCUT2D eigenvalue weighted by Gasteiger charge is -2.18. The standard InChI is InChI=1S/C13H23N3S/c1-3-5-12-14-15-13(17)16(12)11-7-4-6-10(2)8-9-11/h10-11H,3-9H2,1-2H3,(H,15,17). The summed E-state index contributed by atoms with van der Waals surface area (Å²) >= 11 is 5.39. The fourth-order valence-corrected chi connectivity index (χ4v) is 3.14. The van der Waals surface area contributed by atoms with Crippen LogP contribution in [0.1, 0.15) is 64.2 Å². The van der Waals surface area contributed by atoms with Gasteiger partial charge in [-0.25, -0.2) is 0 Å². The van der Waals surface area contributed by atoms with E-state index in [9.17, 15) is 0 Å². The zero-order valence-corrected chi connectivity index (χ0v) is 11.7. The Kier molecular flexibility index (Phi) is 4.37. The van der Waals surface area contributed by atoms with E-state index in [2.05, 4.69) is 28.6 Å². The molecule has 2 atom stereocenters. The zero-order valence-electron chi connectivity index (χ0n) is 10.9. The molecule has 1 saturated carbocycles. The van der Waals surface area contributed by atoms with Gasteiger partial charge in [0.1, 0.15) is 5.82 Å². The molecule has 1 aromatic rings. The molecule has 0 radical (unpaired) electrons. The molecule has 17 heavy (non-hydrogen) atoms. The van der Waals surface area contributed by atoms with Crippen molar-refractivity contribution in [1.82, 2.24) is 14.8 Å². The largest absolute Gasteiger partial charge is 0.301 e. The second-order valence-corrected chi connectivity index (χ2v) is 5.72. The highest BCUT2D eigenvalue weighted by molar-refractivity contribution is 7.71. The lowest BCUT2D eigenvalue weighted by molar-refractivity contribution is 0.416. The summed E-state index contributed by atoms with van der Waals surface area (Å²) in [6, 6.07) is 0.577. The maximum absolute atomic E-state index is 5.39. The Labute approximate surface area is 109 Å². The lowest BCUT2D eigenvalue weighted by Crippen LogP contribution is -2.12.